The van der Waals surface area contributed by atoms with Gasteiger partial charge in [0.05, 0.1) is 11.9 Å². The molecule has 5 nitrogen and oxygen atoms in total. The Morgan fingerprint density at radius 1 is 1.38 bits per heavy atom. The lowest BCUT2D eigenvalue weighted by Crippen LogP contribution is -2.10. The first-order chi connectivity index (χ1) is 10.0. The Morgan fingerprint density at radius 2 is 2.14 bits per heavy atom. The highest BCUT2D eigenvalue weighted by molar-refractivity contribution is 5.92. The molecular weight excluding hydrogens is 266 g/mol. The molecule has 2 N–H and O–H groups in total. The van der Waals surface area contributed by atoms with Gasteiger partial charge in [-0.2, -0.15) is 0 Å². The Hall–Kier alpha value is -2.43. The van der Waals surface area contributed by atoms with Crippen molar-refractivity contribution in [2.45, 2.75) is 33.1 Å². The summed E-state index contributed by atoms with van der Waals surface area (Å²) in [6.07, 6.45) is 2.45. The lowest BCUT2D eigenvalue weighted by atomic mass is 10.1. The second kappa shape index (κ2) is 6.35. The van der Waals surface area contributed by atoms with Gasteiger partial charge in [-0.3, -0.25) is 0 Å². The van der Waals surface area contributed by atoms with Crippen molar-refractivity contribution in [1.29, 1.82) is 0 Å². The maximum atomic E-state index is 11.4. The third-order valence-electron chi connectivity index (χ3n) is 3.14. The van der Waals surface area contributed by atoms with Crippen molar-refractivity contribution >= 4 is 17.3 Å². The maximum absolute atomic E-state index is 11.4. The van der Waals surface area contributed by atoms with E-state index in [0.29, 0.717) is 11.5 Å². The van der Waals surface area contributed by atoms with E-state index in [1.165, 1.54) is 11.8 Å². The zero-order chi connectivity index (χ0) is 15.4. The molecule has 0 aliphatic rings. The third kappa shape index (κ3) is 3.56. The number of anilines is 2. The van der Waals surface area contributed by atoms with Crippen molar-refractivity contribution in [3.8, 4) is 0 Å². The molecule has 0 fully saturated rings. The summed E-state index contributed by atoms with van der Waals surface area (Å²) in [6, 6.07) is 7.84. The summed E-state index contributed by atoms with van der Waals surface area (Å²) in [4.78, 5) is 19.7. The van der Waals surface area contributed by atoms with E-state index in [2.05, 4.69) is 22.2 Å². The molecule has 0 bridgehead atoms. The predicted octanol–water partition coefficient (Wildman–Crippen LogP) is 3.60. The van der Waals surface area contributed by atoms with Crippen LogP contribution >= 0.6 is 0 Å². The molecule has 5 heteroatoms. The normalized spacial score (nSPS) is 10.7. The minimum Gasteiger partial charge on any atom is -0.476 e. The highest BCUT2D eigenvalue weighted by Gasteiger charge is 2.15. The fourth-order valence-electron chi connectivity index (χ4n) is 1.95. The number of aromatic nitrogens is 2. The number of nitrogens with one attached hydrogen (secondary N) is 1. The molecule has 0 unspecified atom stereocenters. The van der Waals surface area contributed by atoms with Crippen molar-refractivity contribution in [2.24, 2.45) is 0 Å². The van der Waals surface area contributed by atoms with E-state index in [1.807, 2.05) is 38.1 Å². The molecule has 1 aromatic heterocycles. The fraction of sp³-hybridized carbons (Fsp3) is 0.312. The molecule has 0 atom stereocenters. The van der Waals surface area contributed by atoms with Crippen LogP contribution in [0.15, 0.2) is 30.5 Å². The van der Waals surface area contributed by atoms with Gasteiger partial charge in [0, 0.05) is 11.6 Å². The molecule has 110 valence electrons. The van der Waals surface area contributed by atoms with Crippen molar-refractivity contribution in [3.63, 3.8) is 0 Å². The Kier molecular flexibility index (Phi) is 4.52. The van der Waals surface area contributed by atoms with Gasteiger partial charge in [0.2, 0.25) is 0 Å². The molecule has 0 amide bonds. The molecule has 2 rings (SSSR count). The standard InChI is InChI=1S/C16H19N3O2/c1-4-11-6-5-7-12(8-11)18-13-9-17-15(10(2)3)19-14(13)16(20)21/h5-10,18H,4H2,1-3H3,(H,20,21). The molecule has 0 spiro atoms. The number of carboxylic acid groups (broad SMARTS) is 1. The van der Waals surface area contributed by atoms with E-state index in [4.69, 9.17) is 0 Å². The van der Waals surface area contributed by atoms with E-state index < -0.39 is 5.97 Å². The van der Waals surface area contributed by atoms with E-state index >= 15 is 0 Å². The van der Waals surface area contributed by atoms with Crippen molar-refractivity contribution < 1.29 is 9.90 Å². The molecule has 1 heterocycles. The number of aromatic carboxylic acids is 1. The Morgan fingerprint density at radius 3 is 2.76 bits per heavy atom. The van der Waals surface area contributed by atoms with Gasteiger partial charge in [0.15, 0.2) is 5.69 Å². The van der Waals surface area contributed by atoms with Crippen LogP contribution in [0.25, 0.3) is 0 Å². The van der Waals surface area contributed by atoms with Gasteiger partial charge in [0.25, 0.3) is 0 Å². The second-order valence-corrected chi connectivity index (χ2v) is 5.13. The first kappa shape index (κ1) is 15.0. The van der Waals surface area contributed by atoms with Crippen LogP contribution in [0.1, 0.15) is 48.6 Å². The molecule has 0 saturated heterocycles. The summed E-state index contributed by atoms with van der Waals surface area (Å²) in [5.41, 5.74) is 2.41. The predicted molar refractivity (Wildman–Crippen MR) is 82.2 cm³/mol. The SMILES string of the molecule is CCc1cccc(Nc2cnc(C(C)C)nc2C(=O)O)c1. The number of carboxylic acids is 1. The van der Waals surface area contributed by atoms with Gasteiger partial charge in [0.1, 0.15) is 5.82 Å². The Labute approximate surface area is 124 Å². The lowest BCUT2D eigenvalue weighted by Gasteiger charge is -2.12. The molecule has 0 radical (unpaired) electrons. The van der Waals surface area contributed by atoms with Gasteiger partial charge in [-0.05, 0) is 24.1 Å². The smallest absolute Gasteiger partial charge is 0.356 e. The highest BCUT2D eigenvalue weighted by Crippen LogP contribution is 2.22. The number of nitrogens with zero attached hydrogens (tertiary/aromatic N) is 2. The summed E-state index contributed by atoms with van der Waals surface area (Å²) in [5.74, 6) is -0.450. The first-order valence-electron chi connectivity index (χ1n) is 6.97. The minimum absolute atomic E-state index is 0.00407. The van der Waals surface area contributed by atoms with Gasteiger partial charge in [-0.1, -0.05) is 32.9 Å². The number of hydrogen-bond acceptors (Lipinski definition) is 4. The largest absolute Gasteiger partial charge is 0.476 e. The molecular formula is C16H19N3O2. The molecule has 1 aromatic carbocycles. The fourth-order valence-corrected chi connectivity index (χ4v) is 1.95. The summed E-state index contributed by atoms with van der Waals surface area (Å²) < 4.78 is 0. The van der Waals surface area contributed by atoms with Crippen LogP contribution in [0.2, 0.25) is 0 Å². The zero-order valence-corrected chi connectivity index (χ0v) is 12.4. The molecule has 21 heavy (non-hydrogen) atoms. The van der Waals surface area contributed by atoms with Gasteiger partial charge >= 0.3 is 5.97 Å². The molecule has 2 aromatic rings. The molecule has 0 aliphatic carbocycles. The van der Waals surface area contributed by atoms with Crippen LogP contribution in [-0.2, 0) is 6.42 Å². The second-order valence-electron chi connectivity index (χ2n) is 5.13. The van der Waals surface area contributed by atoms with Crippen LogP contribution in [0.3, 0.4) is 0 Å². The van der Waals surface area contributed by atoms with Crippen molar-refractivity contribution in [3.05, 3.63) is 47.5 Å². The van der Waals surface area contributed by atoms with Crippen LogP contribution in [0.4, 0.5) is 11.4 Å². The summed E-state index contributed by atoms with van der Waals surface area (Å²) in [6.45, 7) is 5.93. The number of hydrogen-bond donors (Lipinski definition) is 2. The van der Waals surface area contributed by atoms with Crippen molar-refractivity contribution in [2.75, 3.05) is 5.32 Å². The maximum Gasteiger partial charge on any atom is 0.356 e. The van der Waals surface area contributed by atoms with Gasteiger partial charge in [-0.25, -0.2) is 14.8 Å². The van der Waals surface area contributed by atoms with Crippen LogP contribution in [0.5, 0.6) is 0 Å². The summed E-state index contributed by atoms with van der Waals surface area (Å²) in [5, 5.41) is 12.4. The van der Waals surface area contributed by atoms with Crippen molar-refractivity contribution in [1.82, 2.24) is 9.97 Å². The van der Waals surface area contributed by atoms with E-state index in [1.54, 1.807) is 0 Å². The highest BCUT2D eigenvalue weighted by atomic mass is 16.4. The molecule has 0 aliphatic heterocycles. The van der Waals surface area contributed by atoms with E-state index in [0.717, 1.165) is 12.1 Å². The van der Waals surface area contributed by atoms with Crippen LogP contribution in [-0.4, -0.2) is 21.0 Å². The van der Waals surface area contributed by atoms with Gasteiger partial charge < -0.3 is 10.4 Å². The van der Waals surface area contributed by atoms with E-state index in [-0.39, 0.29) is 11.6 Å². The average Bonchev–Trinajstić information content (AvgIpc) is 2.47. The molecule has 0 saturated carbocycles. The average molecular weight is 285 g/mol. The van der Waals surface area contributed by atoms with Crippen LogP contribution < -0.4 is 5.32 Å². The Bertz CT molecular complexity index is 654. The van der Waals surface area contributed by atoms with E-state index in [9.17, 15) is 9.90 Å². The number of rotatable bonds is 5. The number of carbonyl (C=O) groups is 1. The topological polar surface area (TPSA) is 75.1 Å². The Balaban J connectivity index is 2.36. The summed E-state index contributed by atoms with van der Waals surface area (Å²) >= 11 is 0. The third-order valence-corrected chi connectivity index (χ3v) is 3.14. The first-order valence-corrected chi connectivity index (χ1v) is 6.97. The number of benzene rings is 1. The quantitative estimate of drug-likeness (QED) is 0.877. The van der Waals surface area contributed by atoms with Crippen LogP contribution in [0, 0.1) is 0 Å². The lowest BCUT2D eigenvalue weighted by molar-refractivity contribution is 0.0691. The van der Waals surface area contributed by atoms with Gasteiger partial charge in [-0.15, -0.1) is 0 Å². The summed E-state index contributed by atoms with van der Waals surface area (Å²) in [7, 11) is 0. The monoisotopic (exact) mass is 285 g/mol. The minimum atomic E-state index is -1.06. The number of aryl methyl sites for hydroxylation is 1. The zero-order valence-electron chi connectivity index (χ0n) is 12.4.